The first kappa shape index (κ1) is 23.8. The van der Waals surface area contributed by atoms with E-state index in [1.54, 1.807) is 0 Å². The predicted octanol–water partition coefficient (Wildman–Crippen LogP) is 8.21. The van der Waals surface area contributed by atoms with Crippen LogP contribution in [0.5, 0.6) is 0 Å². The number of anilines is 2. The van der Waals surface area contributed by atoms with Crippen LogP contribution in [-0.2, 0) is 17.8 Å². The summed E-state index contributed by atoms with van der Waals surface area (Å²) in [4.78, 5) is 12.7. The molecule has 1 amide bonds. The normalized spacial score (nSPS) is 19.6. The van der Waals surface area contributed by atoms with Crippen LogP contribution in [0.2, 0.25) is 0 Å². The molecule has 0 bridgehead atoms. The van der Waals surface area contributed by atoms with Gasteiger partial charge in [-0.3, -0.25) is 4.79 Å². The molecule has 2 aliphatic rings. The second kappa shape index (κ2) is 9.77. The van der Waals surface area contributed by atoms with Crippen molar-refractivity contribution in [3.05, 3.63) is 120 Å². The molecule has 0 spiro atoms. The third kappa shape index (κ3) is 4.21. The van der Waals surface area contributed by atoms with Gasteiger partial charge in [0.25, 0.3) is 0 Å². The number of benzene rings is 4. The van der Waals surface area contributed by atoms with Crippen LogP contribution in [0, 0.1) is 5.92 Å². The molecule has 194 valence electrons. The molecular weight excluding hydrogens is 478 g/mol. The number of rotatable bonds is 6. The van der Waals surface area contributed by atoms with Crippen molar-refractivity contribution in [2.75, 3.05) is 10.6 Å². The van der Waals surface area contributed by atoms with E-state index in [1.165, 1.54) is 38.5 Å². The fraction of sp³-hybridized carbons (Fsp3) is 0.229. The van der Waals surface area contributed by atoms with Gasteiger partial charge < -0.3 is 15.2 Å². The average molecular weight is 512 g/mol. The van der Waals surface area contributed by atoms with Crippen molar-refractivity contribution in [1.82, 2.24) is 4.57 Å². The molecule has 2 N–H and O–H groups in total. The largest absolute Gasteiger partial charge is 0.378 e. The Bertz CT molecular complexity index is 1710. The molecule has 3 unspecified atom stereocenters. The monoisotopic (exact) mass is 511 g/mol. The van der Waals surface area contributed by atoms with Gasteiger partial charge in [-0.2, -0.15) is 0 Å². The van der Waals surface area contributed by atoms with Gasteiger partial charge in [0.15, 0.2) is 0 Å². The number of carbonyl (C=O) groups is 1. The third-order valence-corrected chi connectivity index (χ3v) is 8.60. The minimum Gasteiger partial charge on any atom is -0.378 e. The molecule has 4 heteroatoms. The molecule has 3 atom stereocenters. The standard InChI is InChI=1S/C35H33N3O/c1-2-38-32-14-7-6-11-27(32)30-21-24(16-19-33(30)38)35-28-13-8-12-26(28)29-22-25(17-18-31(29)37-35)36-34(39)20-15-23-9-4-3-5-10-23/h3-12,14,16-19,21-22,26,28,35,37H,2,13,15,20H2,1H3,(H,36,39). The van der Waals surface area contributed by atoms with Crippen molar-refractivity contribution in [2.45, 2.75) is 44.7 Å². The first-order valence-corrected chi connectivity index (χ1v) is 14.1. The Morgan fingerprint density at radius 1 is 0.923 bits per heavy atom. The molecule has 0 saturated carbocycles. The van der Waals surface area contributed by atoms with Gasteiger partial charge in [0.2, 0.25) is 5.91 Å². The Labute approximate surface area is 229 Å². The lowest BCUT2D eigenvalue weighted by molar-refractivity contribution is -0.116. The summed E-state index contributed by atoms with van der Waals surface area (Å²) in [7, 11) is 0. The van der Waals surface area contributed by atoms with Crippen LogP contribution in [0.1, 0.15) is 48.4 Å². The van der Waals surface area contributed by atoms with Gasteiger partial charge in [0.1, 0.15) is 0 Å². The van der Waals surface area contributed by atoms with Gasteiger partial charge in [0, 0.05) is 52.1 Å². The fourth-order valence-corrected chi connectivity index (χ4v) is 6.73. The molecule has 39 heavy (non-hydrogen) atoms. The van der Waals surface area contributed by atoms with E-state index in [-0.39, 0.29) is 11.9 Å². The van der Waals surface area contributed by atoms with Gasteiger partial charge in [-0.25, -0.2) is 0 Å². The summed E-state index contributed by atoms with van der Waals surface area (Å²) in [5.41, 5.74) is 8.43. The Morgan fingerprint density at radius 2 is 1.74 bits per heavy atom. The Balaban J connectivity index is 1.16. The van der Waals surface area contributed by atoms with Crippen LogP contribution < -0.4 is 10.6 Å². The Kier molecular flexibility index (Phi) is 5.96. The second-order valence-electron chi connectivity index (χ2n) is 10.8. The number of nitrogens with one attached hydrogen (secondary N) is 2. The van der Waals surface area contributed by atoms with Crippen LogP contribution in [-0.4, -0.2) is 10.5 Å². The van der Waals surface area contributed by atoms with Crippen LogP contribution >= 0.6 is 0 Å². The van der Waals surface area contributed by atoms with Crippen LogP contribution in [0.15, 0.2) is 103 Å². The van der Waals surface area contributed by atoms with Crippen LogP contribution in [0.3, 0.4) is 0 Å². The molecule has 1 aliphatic heterocycles. The summed E-state index contributed by atoms with van der Waals surface area (Å²) in [6.45, 7) is 3.17. The average Bonchev–Trinajstić information content (AvgIpc) is 3.59. The summed E-state index contributed by atoms with van der Waals surface area (Å²) < 4.78 is 2.41. The quantitative estimate of drug-likeness (QED) is 0.226. The highest BCUT2D eigenvalue weighted by Crippen LogP contribution is 2.50. The molecule has 5 aromatic rings. The zero-order valence-corrected chi connectivity index (χ0v) is 22.2. The number of aryl methyl sites for hydroxylation is 2. The fourth-order valence-electron chi connectivity index (χ4n) is 6.73. The predicted molar refractivity (Wildman–Crippen MR) is 161 cm³/mol. The second-order valence-corrected chi connectivity index (χ2v) is 10.8. The summed E-state index contributed by atoms with van der Waals surface area (Å²) >= 11 is 0. The highest BCUT2D eigenvalue weighted by atomic mass is 16.1. The van der Waals surface area contributed by atoms with Gasteiger partial charge in [-0.05, 0) is 78.8 Å². The van der Waals surface area contributed by atoms with E-state index in [9.17, 15) is 4.79 Å². The third-order valence-electron chi connectivity index (χ3n) is 8.60. The van der Waals surface area contributed by atoms with Crippen molar-refractivity contribution in [1.29, 1.82) is 0 Å². The van der Waals surface area contributed by atoms with E-state index in [0.717, 1.165) is 30.8 Å². The zero-order chi connectivity index (χ0) is 26.3. The van der Waals surface area contributed by atoms with E-state index in [4.69, 9.17) is 0 Å². The summed E-state index contributed by atoms with van der Waals surface area (Å²) in [6.07, 6.45) is 6.95. The van der Waals surface area contributed by atoms with Crippen molar-refractivity contribution in [2.24, 2.45) is 5.92 Å². The number of nitrogens with zero attached hydrogens (tertiary/aromatic N) is 1. The maximum absolute atomic E-state index is 12.7. The number of hydrogen-bond acceptors (Lipinski definition) is 2. The Hall–Kier alpha value is -4.31. The van der Waals surface area contributed by atoms with Crippen LogP contribution in [0.25, 0.3) is 21.8 Å². The molecule has 2 heterocycles. The lowest BCUT2D eigenvalue weighted by Crippen LogP contribution is -2.29. The molecule has 4 nitrogen and oxygen atoms in total. The van der Waals surface area contributed by atoms with E-state index < -0.39 is 0 Å². The first-order chi connectivity index (χ1) is 19.2. The van der Waals surface area contributed by atoms with Crippen molar-refractivity contribution in [3.8, 4) is 0 Å². The molecule has 0 fully saturated rings. The lowest BCUT2D eigenvalue weighted by Gasteiger charge is -2.38. The SMILES string of the molecule is CCn1c2ccccc2c2cc(C3Nc4ccc(NC(=O)CCc5ccccc5)cc4C4C=CCC43)ccc21. The van der Waals surface area contributed by atoms with Gasteiger partial charge in [0.05, 0.1) is 6.04 Å². The minimum atomic E-state index is 0.0542. The minimum absolute atomic E-state index is 0.0542. The molecule has 7 rings (SSSR count). The van der Waals surface area contributed by atoms with Crippen molar-refractivity contribution in [3.63, 3.8) is 0 Å². The number of amides is 1. The van der Waals surface area contributed by atoms with Gasteiger partial charge in [-0.15, -0.1) is 0 Å². The molecular formula is C35H33N3O. The molecule has 1 aromatic heterocycles. The number of carbonyl (C=O) groups excluding carboxylic acids is 1. The Morgan fingerprint density at radius 3 is 2.62 bits per heavy atom. The number of hydrogen-bond donors (Lipinski definition) is 2. The summed E-state index contributed by atoms with van der Waals surface area (Å²) in [5, 5.41) is 9.67. The maximum Gasteiger partial charge on any atom is 0.224 e. The number of para-hydroxylation sites is 1. The smallest absolute Gasteiger partial charge is 0.224 e. The zero-order valence-electron chi connectivity index (χ0n) is 22.2. The van der Waals surface area contributed by atoms with Crippen molar-refractivity contribution >= 4 is 39.1 Å². The topological polar surface area (TPSA) is 46.1 Å². The molecule has 0 saturated heterocycles. The summed E-state index contributed by atoms with van der Waals surface area (Å²) in [5.74, 6) is 0.831. The maximum atomic E-state index is 12.7. The summed E-state index contributed by atoms with van der Waals surface area (Å²) in [6, 6.07) is 32.5. The molecule has 0 radical (unpaired) electrons. The van der Waals surface area contributed by atoms with E-state index >= 15 is 0 Å². The van der Waals surface area contributed by atoms with Crippen LogP contribution in [0.4, 0.5) is 11.4 Å². The molecule has 1 aliphatic carbocycles. The van der Waals surface area contributed by atoms with Gasteiger partial charge >= 0.3 is 0 Å². The number of fused-ring (bicyclic) bond motifs is 6. The van der Waals surface area contributed by atoms with E-state index in [2.05, 4.69) is 101 Å². The lowest BCUT2D eigenvalue weighted by atomic mass is 9.76. The highest BCUT2D eigenvalue weighted by Gasteiger charge is 2.38. The van der Waals surface area contributed by atoms with E-state index in [0.29, 0.717) is 18.3 Å². The number of aromatic nitrogens is 1. The molecule has 4 aromatic carbocycles. The van der Waals surface area contributed by atoms with Gasteiger partial charge in [-0.1, -0.05) is 66.7 Å². The van der Waals surface area contributed by atoms with E-state index in [1.807, 2.05) is 24.3 Å². The highest BCUT2D eigenvalue weighted by molar-refractivity contribution is 6.08. The van der Waals surface area contributed by atoms with Crippen molar-refractivity contribution < 1.29 is 4.79 Å². The number of allylic oxidation sites excluding steroid dienone is 2. The first-order valence-electron chi connectivity index (χ1n) is 14.1.